The van der Waals surface area contributed by atoms with Gasteiger partial charge in [0, 0.05) is 28.9 Å². The Kier molecular flexibility index (Phi) is 5.10. The molecule has 1 N–H and O–H groups in total. The Labute approximate surface area is 170 Å². The van der Waals surface area contributed by atoms with E-state index < -0.39 is 5.82 Å². The van der Waals surface area contributed by atoms with Crippen molar-refractivity contribution >= 4 is 34.6 Å². The fraction of sp³-hybridized carbons (Fsp3) is 0.0455. The molecule has 0 bridgehead atoms. The predicted octanol–water partition coefficient (Wildman–Crippen LogP) is 4.80. The molecule has 1 amide bonds. The minimum Gasteiger partial charge on any atom is -0.322 e. The number of nitrogens with zero attached hydrogens (tertiary/aromatic N) is 2. The Hall–Kier alpha value is -3.51. The van der Waals surface area contributed by atoms with Crippen molar-refractivity contribution in [1.29, 1.82) is 0 Å². The number of fused-ring (bicyclic) bond motifs is 1. The van der Waals surface area contributed by atoms with Crippen molar-refractivity contribution < 1.29 is 14.0 Å². The standard InChI is InChI=1S/C22H15ClFN3O2/c23-16-5-8-18(9-6-16)26-22(29)15-3-1-14(2-4-15)11-20(28)19-12-25-21-10-7-17(24)13-27(19)21/h1-10,12-13H,11H2,(H,26,29). The summed E-state index contributed by atoms with van der Waals surface area (Å²) in [6.07, 6.45) is 2.79. The lowest BCUT2D eigenvalue weighted by Crippen LogP contribution is -2.12. The van der Waals surface area contributed by atoms with Crippen LogP contribution >= 0.6 is 11.6 Å². The first-order chi connectivity index (χ1) is 14.0. The molecule has 0 atom stereocenters. The zero-order valence-electron chi connectivity index (χ0n) is 15.1. The Balaban J connectivity index is 1.46. The van der Waals surface area contributed by atoms with Gasteiger partial charge >= 0.3 is 0 Å². The molecular formula is C22H15ClFN3O2. The van der Waals surface area contributed by atoms with E-state index in [4.69, 9.17) is 11.6 Å². The second kappa shape index (κ2) is 7.85. The third-order valence-corrected chi connectivity index (χ3v) is 4.69. The number of hydrogen-bond acceptors (Lipinski definition) is 3. The monoisotopic (exact) mass is 407 g/mol. The first-order valence-corrected chi connectivity index (χ1v) is 9.19. The van der Waals surface area contributed by atoms with Gasteiger partial charge in [-0.3, -0.25) is 14.0 Å². The molecule has 0 radical (unpaired) electrons. The second-order valence-electron chi connectivity index (χ2n) is 6.48. The fourth-order valence-corrected chi connectivity index (χ4v) is 3.07. The molecule has 0 aliphatic heterocycles. The highest BCUT2D eigenvalue weighted by atomic mass is 35.5. The number of benzene rings is 2. The number of imidazole rings is 1. The van der Waals surface area contributed by atoms with Crippen LogP contribution in [0, 0.1) is 5.82 Å². The maximum Gasteiger partial charge on any atom is 0.255 e. The van der Waals surface area contributed by atoms with Crippen molar-refractivity contribution in [3.63, 3.8) is 0 Å². The SMILES string of the molecule is O=C(Nc1ccc(Cl)cc1)c1ccc(CC(=O)c2cnc3ccc(F)cn23)cc1. The number of carbonyl (C=O) groups is 2. The number of ketones is 1. The zero-order valence-corrected chi connectivity index (χ0v) is 15.9. The summed E-state index contributed by atoms with van der Waals surface area (Å²) in [6.45, 7) is 0. The van der Waals surface area contributed by atoms with E-state index in [0.717, 1.165) is 5.56 Å². The second-order valence-corrected chi connectivity index (χ2v) is 6.91. The molecule has 4 aromatic rings. The van der Waals surface area contributed by atoms with Gasteiger partial charge in [0.1, 0.15) is 17.2 Å². The normalized spacial score (nSPS) is 10.8. The van der Waals surface area contributed by atoms with Crippen LogP contribution in [0.2, 0.25) is 5.02 Å². The molecule has 2 aromatic carbocycles. The largest absolute Gasteiger partial charge is 0.322 e. The summed E-state index contributed by atoms with van der Waals surface area (Å²) >= 11 is 5.84. The summed E-state index contributed by atoms with van der Waals surface area (Å²) in [5.74, 6) is -0.899. The summed E-state index contributed by atoms with van der Waals surface area (Å²) < 4.78 is 14.9. The van der Waals surface area contributed by atoms with Crippen LogP contribution in [0.4, 0.5) is 10.1 Å². The van der Waals surface area contributed by atoms with Crippen LogP contribution in [0.1, 0.15) is 26.4 Å². The molecule has 0 spiro atoms. The van der Waals surface area contributed by atoms with Crippen molar-refractivity contribution in [2.75, 3.05) is 5.32 Å². The number of amides is 1. The number of hydrogen-bond donors (Lipinski definition) is 1. The van der Waals surface area contributed by atoms with Crippen molar-refractivity contribution in [3.05, 3.63) is 101 Å². The maximum atomic E-state index is 13.5. The molecule has 0 saturated heterocycles. The average molecular weight is 408 g/mol. The number of anilines is 1. The first kappa shape index (κ1) is 18.8. The third-order valence-electron chi connectivity index (χ3n) is 4.44. The van der Waals surface area contributed by atoms with Crippen LogP contribution in [-0.2, 0) is 6.42 Å². The molecule has 4 rings (SSSR count). The molecule has 0 fully saturated rings. The van der Waals surface area contributed by atoms with Gasteiger partial charge in [-0.2, -0.15) is 0 Å². The van der Waals surface area contributed by atoms with Crippen molar-refractivity contribution in [2.45, 2.75) is 6.42 Å². The lowest BCUT2D eigenvalue weighted by atomic mass is 10.0. The van der Waals surface area contributed by atoms with E-state index in [9.17, 15) is 14.0 Å². The maximum absolute atomic E-state index is 13.5. The molecule has 7 heteroatoms. The van der Waals surface area contributed by atoms with Gasteiger partial charge in [-0.15, -0.1) is 0 Å². The van der Waals surface area contributed by atoms with Gasteiger partial charge in [-0.1, -0.05) is 23.7 Å². The Morgan fingerprint density at radius 1 is 1.00 bits per heavy atom. The van der Waals surface area contributed by atoms with Gasteiger partial charge in [-0.25, -0.2) is 9.37 Å². The first-order valence-electron chi connectivity index (χ1n) is 8.81. The molecule has 0 unspecified atom stereocenters. The molecule has 144 valence electrons. The number of halogens is 2. The van der Waals surface area contributed by atoms with E-state index in [0.29, 0.717) is 27.6 Å². The molecule has 2 aromatic heterocycles. The van der Waals surface area contributed by atoms with Crippen LogP contribution in [0.15, 0.2) is 73.1 Å². The average Bonchev–Trinajstić information content (AvgIpc) is 3.13. The van der Waals surface area contributed by atoms with Gasteiger partial charge < -0.3 is 5.32 Å². The van der Waals surface area contributed by atoms with Crippen LogP contribution in [0.5, 0.6) is 0 Å². The molecular weight excluding hydrogens is 393 g/mol. The predicted molar refractivity (Wildman–Crippen MR) is 109 cm³/mol. The minimum atomic E-state index is -0.444. The third kappa shape index (κ3) is 4.17. The van der Waals surface area contributed by atoms with E-state index in [1.54, 1.807) is 48.5 Å². The summed E-state index contributed by atoms with van der Waals surface area (Å²) in [6, 6.07) is 16.4. The highest BCUT2D eigenvalue weighted by molar-refractivity contribution is 6.30. The van der Waals surface area contributed by atoms with Crippen LogP contribution < -0.4 is 5.32 Å². The van der Waals surface area contributed by atoms with E-state index >= 15 is 0 Å². The van der Waals surface area contributed by atoms with Gasteiger partial charge in [-0.05, 0) is 54.1 Å². The summed E-state index contributed by atoms with van der Waals surface area (Å²) in [5.41, 5.74) is 2.66. The van der Waals surface area contributed by atoms with Crippen LogP contribution in [-0.4, -0.2) is 21.1 Å². The topological polar surface area (TPSA) is 63.5 Å². The van der Waals surface area contributed by atoms with Crippen molar-refractivity contribution in [1.82, 2.24) is 9.38 Å². The Morgan fingerprint density at radius 3 is 2.45 bits per heavy atom. The minimum absolute atomic E-state index is 0.114. The molecule has 0 saturated carbocycles. The van der Waals surface area contributed by atoms with Gasteiger partial charge in [0.2, 0.25) is 0 Å². The van der Waals surface area contributed by atoms with Crippen molar-refractivity contribution in [2.24, 2.45) is 0 Å². The number of pyridine rings is 1. The number of Topliss-reactive ketones (excluding diaryl/α,β-unsaturated/α-hetero) is 1. The quantitative estimate of drug-likeness (QED) is 0.483. The van der Waals surface area contributed by atoms with Gasteiger partial charge in [0.25, 0.3) is 5.91 Å². The Bertz CT molecular complexity index is 1200. The Morgan fingerprint density at radius 2 is 1.72 bits per heavy atom. The van der Waals surface area contributed by atoms with Gasteiger partial charge in [0.05, 0.1) is 6.20 Å². The smallest absolute Gasteiger partial charge is 0.255 e. The van der Waals surface area contributed by atoms with E-state index in [1.807, 2.05) is 0 Å². The summed E-state index contributed by atoms with van der Waals surface area (Å²) in [7, 11) is 0. The highest BCUT2D eigenvalue weighted by Crippen LogP contribution is 2.16. The lowest BCUT2D eigenvalue weighted by Gasteiger charge is -2.07. The molecule has 0 aliphatic carbocycles. The van der Waals surface area contributed by atoms with Crippen LogP contribution in [0.3, 0.4) is 0 Å². The molecule has 5 nitrogen and oxygen atoms in total. The number of carbonyl (C=O) groups excluding carboxylic acids is 2. The number of nitrogens with one attached hydrogen (secondary N) is 1. The summed E-state index contributed by atoms with van der Waals surface area (Å²) in [5, 5.41) is 3.37. The lowest BCUT2D eigenvalue weighted by molar-refractivity contribution is 0.0986. The van der Waals surface area contributed by atoms with E-state index in [-0.39, 0.29) is 18.1 Å². The van der Waals surface area contributed by atoms with E-state index in [1.165, 1.54) is 28.9 Å². The molecule has 0 aliphatic rings. The molecule has 29 heavy (non-hydrogen) atoms. The number of aromatic nitrogens is 2. The number of rotatable bonds is 5. The summed E-state index contributed by atoms with van der Waals surface area (Å²) in [4.78, 5) is 29.1. The van der Waals surface area contributed by atoms with Crippen LogP contribution in [0.25, 0.3) is 5.65 Å². The highest BCUT2D eigenvalue weighted by Gasteiger charge is 2.14. The van der Waals surface area contributed by atoms with Crippen molar-refractivity contribution in [3.8, 4) is 0 Å². The zero-order chi connectivity index (χ0) is 20.4. The van der Waals surface area contributed by atoms with E-state index in [2.05, 4.69) is 10.3 Å². The fourth-order valence-electron chi connectivity index (χ4n) is 2.95. The van der Waals surface area contributed by atoms with Gasteiger partial charge in [0.15, 0.2) is 5.78 Å². The molecule has 2 heterocycles.